The molecule has 1 aliphatic rings. The average molecular weight is 162 g/mol. The van der Waals surface area contributed by atoms with E-state index in [0.717, 1.165) is 0 Å². The van der Waals surface area contributed by atoms with Crippen molar-refractivity contribution in [1.29, 1.82) is 0 Å². The van der Waals surface area contributed by atoms with Gasteiger partial charge in [0.2, 0.25) is 0 Å². The highest BCUT2D eigenvalue weighted by atomic mass is 15.2. The Bertz CT molecular complexity index is 245. The van der Waals surface area contributed by atoms with Crippen LogP contribution in [0.25, 0.3) is 0 Å². The zero-order chi connectivity index (χ0) is 8.39. The highest BCUT2D eigenvalue weighted by molar-refractivity contribution is 5.46. The van der Waals surface area contributed by atoms with Gasteiger partial charge in [0.15, 0.2) is 0 Å². The minimum absolute atomic E-state index is 0.701. The lowest BCUT2D eigenvalue weighted by Crippen LogP contribution is -2.25. The molecule has 0 N–H and O–H groups in total. The first kappa shape index (κ1) is 7.59. The molecule has 0 spiro atoms. The van der Waals surface area contributed by atoms with Gasteiger partial charge in [-0.05, 0) is 31.9 Å². The zero-order valence-corrected chi connectivity index (χ0v) is 7.40. The molecule has 1 unspecified atom stereocenters. The van der Waals surface area contributed by atoms with Crippen molar-refractivity contribution >= 4 is 5.69 Å². The number of pyridine rings is 1. The van der Waals surface area contributed by atoms with Crippen LogP contribution < -0.4 is 4.90 Å². The second-order valence-electron chi connectivity index (χ2n) is 3.39. The predicted molar refractivity (Wildman–Crippen MR) is 50.3 cm³/mol. The van der Waals surface area contributed by atoms with Gasteiger partial charge in [-0.1, -0.05) is 0 Å². The van der Waals surface area contributed by atoms with Gasteiger partial charge in [-0.2, -0.15) is 0 Å². The smallest absolute Gasteiger partial charge is 0.0399 e. The monoisotopic (exact) mass is 162 g/mol. The summed E-state index contributed by atoms with van der Waals surface area (Å²) >= 11 is 0. The van der Waals surface area contributed by atoms with Crippen molar-refractivity contribution in [2.45, 2.75) is 25.8 Å². The molecule has 1 aliphatic heterocycles. The molecule has 0 amide bonds. The molecule has 0 saturated carbocycles. The molecule has 1 saturated heterocycles. The largest absolute Gasteiger partial charge is 0.369 e. The topological polar surface area (TPSA) is 16.1 Å². The number of anilines is 1. The second-order valence-corrected chi connectivity index (χ2v) is 3.39. The molecule has 0 aliphatic carbocycles. The van der Waals surface area contributed by atoms with Crippen molar-refractivity contribution in [3.8, 4) is 0 Å². The Balaban J connectivity index is 2.19. The van der Waals surface area contributed by atoms with Crippen LogP contribution in [0.4, 0.5) is 5.69 Å². The van der Waals surface area contributed by atoms with Gasteiger partial charge >= 0.3 is 0 Å². The van der Waals surface area contributed by atoms with Crippen molar-refractivity contribution in [3.05, 3.63) is 24.5 Å². The number of nitrogens with zero attached hydrogens (tertiary/aromatic N) is 2. The van der Waals surface area contributed by atoms with Crippen LogP contribution in [0.15, 0.2) is 24.5 Å². The standard InChI is InChI=1S/C10H14N2/c1-9-3-2-8-12(9)10-4-6-11-7-5-10/h4-7,9H,2-3,8H2,1H3. The maximum Gasteiger partial charge on any atom is 0.0399 e. The summed E-state index contributed by atoms with van der Waals surface area (Å²) in [7, 11) is 0. The van der Waals surface area contributed by atoms with Crippen LogP contribution in [0.2, 0.25) is 0 Å². The minimum atomic E-state index is 0.701. The van der Waals surface area contributed by atoms with Crippen LogP contribution in [0.1, 0.15) is 19.8 Å². The third-order valence-electron chi connectivity index (χ3n) is 2.55. The summed E-state index contributed by atoms with van der Waals surface area (Å²) in [5.74, 6) is 0. The Hall–Kier alpha value is -1.05. The Morgan fingerprint density at radius 2 is 2.17 bits per heavy atom. The number of rotatable bonds is 1. The van der Waals surface area contributed by atoms with Crippen molar-refractivity contribution in [3.63, 3.8) is 0 Å². The maximum absolute atomic E-state index is 4.02. The van der Waals surface area contributed by atoms with Gasteiger partial charge in [-0.15, -0.1) is 0 Å². The Labute approximate surface area is 73.2 Å². The van der Waals surface area contributed by atoms with Crippen LogP contribution in [-0.4, -0.2) is 17.6 Å². The molecule has 64 valence electrons. The van der Waals surface area contributed by atoms with Gasteiger partial charge in [0.1, 0.15) is 0 Å². The summed E-state index contributed by atoms with van der Waals surface area (Å²) in [5, 5.41) is 0. The molecule has 12 heavy (non-hydrogen) atoms. The van der Waals surface area contributed by atoms with Crippen molar-refractivity contribution in [2.75, 3.05) is 11.4 Å². The van der Waals surface area contributed by atoms with E-state index in [1.54, 1.807) is 0 Å². The fourth-order valence-electron chi connectivity index (χ4n) is 1.85. The van der Waals surface area contributed by atoms with E-state index in [1.165, 1.54) is 25.1 Å². The summed E-state index contributed by atoms with van der Waals surface area (Å²) in [4.78, 5) is 6.46. The first-order valence-corrected chi connectivity index (χ1v) is 4.54. The molecule has 2 heterocycles. The Morgan fingerprint density at radius 1 is 1.42 bits per heavy atom. The highest BCUT2D eigenvalue weighted by Gasteiger charge is 2.19. The fraction of sp³-hybridized carbons (Fsp3) is 0.500. The van der Waals surface area contributed by atoms with E-state index in [4.69, 9.17) is 0 Å². The lowest BCUT2D eigenvalue weighted by atomic mass is 10.2. The Kier molecular flexibility index (Phi) is 1.98. The van der Waals surface area contributed by atoms with Gasteiger partial charge in [-0.3, -0.25) is 4.98 Å². The highest BCUT2D eigenvalue weighted by Crippen LogP contribution is 2.23. The van der Waals surface area contributed by atoms with Gasteiger partial charge < -0.3 is 4.90 Å². The van der Waals surface area contributed by atoms with E-state index < -0.39 is 0 Å². The molecule has 2 nitrogen and oxygen atoms in total. The third kappa shape index (κ3) is 1.29. The second kappa shape index (κ2) is 3.13. The van der Waals surface area contributed by atoms with Crippen LogP contribution in [0.5, 0.6) is 0 Å². The van der Waals surface area contributed by atoms with E-state index in [2.05, 4.69) is 28.9 Å². The zero-order valence-electron chi connectivity index (χ0n) is 7.40. The molecule has 0 bridgehead atoms. The normalized spacial score (nSPS) is 23.1. The molecule has 1 aromatic rings. The summed E-state index contributed by atoms with van der Waals surface area (Å²) in [6, 6.07) is 4.87. The SMILES string of the molecule is CC1CCCN1c1ccncc1. The molecule has 2 rings (SSSR count). The van der Waals surface area contributed by atoms with E-state index in [0.29, 0.717) is 6.04 Å². The van der Waals surface area contributed by atoms with E-state index in [9.17, 15) is 0 Å². The van der Waals surface area contributed by atoms with Crippen LogP contribution in [0, 0.1) is 0 Å². The molecule has 0 radical (unpaired) electrons. The third-order valence-corrected chi connectivity index (χ3v) is 2.55. The van der Waals surface area contributed by atoms with Crippen LogP contribution in [-0.2, 0) is 0 Å². The first-order chi connectivity index (χ1) is 5.88. The quantitative estimate of drug-likeness (QED) is 0.628. The predicted octanol–water partition coefficient (Wildman–Crippen LogP) is 2.07. The Morgan fingerprint density at radius 3 is 2.75 bits per heavy atom. The molecular formula is C10H14N2. The maximum atomic E-state index is 4.02. The summed E-state index contributed by atoms with van der Waals surface area (Å²) in [6.07, 6.45) is 6.37. The van der Waals surface area contributed by atoms with Crippen LogP contribution >= 0.6 is 0 Å². The minimum Gasteiger partial charge on any atom is -0.369 e. The van der Waals surface area contributed by atoms with Gasteiger partial charge in [0, 0.05) is 30.7 Å². The molecular weight excluding hydrogens is 148 g/mol. The van der Waals surface area contributed by atoms with Crippen molar-refractivity contribution in [2.24, 2.45) is 0 Å². The average Bonchev–Trinajstić information content (AvgIpc) is 2.53. The molecule has 1 atom stereocenters. The fourth-order valence-corrected chi connectivity index (χ4v) is 1.85. The first-order valence-electron chi connectivity index (χ1n) is 4.54. The molecule has 2 heteroatoms. The van der Waals surface area contributed by atoms with Crippen molar-refractivity contribution < 1.29 is 0 Å². The van der Waals surface area contributed by atoms with Gasteiger partial charge in [0.05, 0.1) is 0 Å². The summed E-state index contributed by atoms with van der Waals surface area (Å²) in [5.41, 5.74) is 1.31. The number of aromatic nitrogens is 1. The van der Waals surface area contributed by atoms with Crippen molar-refractivity contribution in [1.82, 2.24) is 4.98 Å². The molecule has 1 fully saturated rings. The lowest BCUT2D eigenvalue weighted by Gasteiger charge is -2.23. The van der Waals surface area contributed by atoms with E-state index >= 15 is 0 Å². The summed E-state index contributed by atoms with van der Waals surface area (Å²) < 4.78 is 0. The number of hydrogen-bond acceptors (Lipinski definition) is 2. The molecule has 0 aromatic carbocycles. The van der Waals surface area contributed by atoms with Crippen LogP contribution in [0.3, 0.4) is 0 Å². The van der Waals surface area contributed by atoms with Gasteiger partial charge in [-0.25, -0.2) is 0 Å². The lowest BCUT2D eigenvalue weighted by molar-refractivity contribution is 0.734. The molecule has 1 aromatic heterocycles. The number of hydrogen-bond donors (Lipinski definition) is 0. The van der Waals surface area contributed by atoms with Gasteiger partial charge in [0.25, 0.3) is 0 Å². The summed E-state index contributed by atoms with van der Waals surface area (Å²) in [6.45, 7) is 3.48. The van der Waals surface area contributed by atoms with E-state index in [1.807, 2.05) is 12.4 Å². The van der Waals surface area contributed by atoms with E-state index in [-0.39, 0.29) is 0 Å².